The predicted molar refractivity (Wildman–Crippen MR) is 151 cm³/mol. The fraction of sp³-hybridized carbons (Fsp3) is 0. The molecule has 0 unspecified atom stereocenters. The Labute approximate surface area is 214 Å². The maximum Gasteiger partial charge on any atom is 0.143 e. The van der Waals surface area contributed by atoms with Crippen LogP contribution in [0.2, 0.25) is 0 Å². The first kappa shape index (κ1) is 21.3. The second-order valence-electron chi connectivity index (χ2n) is 9.04. The van der Waals surface area contributed by atoms with E-state index in [0.29, 0.717) is 0 Å². The highest BCUT2D eigenvalue weighted by Gasteiger charge is 2.18. The van der Waals surface area contributed by atoms with Gasteiger partial charge in [-0.1, -0.05) is 97.1 Å². The molecule has 7 rings (SSSR count). The molecular formula is C34H22N2O. The third-order valence-electron chi connectivity index (χ3n) is 6.90. The Hall–Kier alpha value is -5.02. The van der Waals surface area contributed by atoms with Gasteiger partial charge in [0, 0.05) is 57.8 Å². The summed E-state index contributed by atoms with van der Waals surface area (Å²) in [6, 6.07) is 37.8. The lowest BCUT2D eigenvalue weighted by molar-refractivity contribution is 0.671. The predicted octanol–water partition coefficient (Wildman–Crippen LogP) is 9.04. The molecule has 0 bridgehead atoms. The first-order valence-electron chi connectivity index (χ1n) is 12.3. The second-order valence-corrected chi connectivity index (χ2v) is 9.04. The highest BCUT2D eigenvalue weighted by atomic mass is 16.3. The Morgan fingerprint density at radius 1 is 0.378 bits per heavy atom. The van der Waals surface area contributed by atoms with E-state index in [0.717, 1.165) is 66.4 Å². The molecule has 0 aliphatic heterocycles. The minimum absolute atomic E-state index is 0.889. The van der Waals surface area contributed by atoms with Crippen LogP contribution in [-0.4, -0.2) is 9.97 Å². The lowest BCUT2D eigenvalue weighted by Gasteiger charge is -2.10. The quantitative estimate of drug-likeness (QED) is 0.255. The van der Waals surface area contributed by atoms with Gasteiger partial charge in [-0.2, -0.15) is 0 Å². The summed E-state index contributed by atoms with van der Waals surface area (Å²) in [6.45, 7) is 0. The van der Waals surface area contributed by atoms with Gasteiger partial charge in [-0.05, 0) is 34.4 Å². The first-order chi connectivity index (χ1) is 18.4. The fourth-order valence-corrected chi connectivity index (χ4v) is 5.23. The summed E-state index contributed by atoms with van der Waals surface area (Å²) in [4.78, 5) is 8.69. The van der Waals surface area contributed by atoms with Crippen LogP contribution in [0.25, 0.3) is 66.4 Å². The van der Waals surface area contributed by atoms with Gasteiger partial charge in [0.25, 0.3) is 0 Å². The summed E-state index contributed by atoms with van der Waals surface area (Å²) in [7, 11) is 0. The Morgan fingerprint density at radius 3 is 1.24 bits per heavy atom. The van der Waals surface area contributed by atoms with Crippen LogP contribution >= 0.6 is 0 Å². The normalized spacial score (nSPS) is 11.2. The van der Waals surface area contributed by atoms with E-state index in [2.05, 4.69) is 107 Å². The molecule has 0 saturated heterocycles. The van der Waals surface area contributed by atoms with Crippen molar-refractivity contribution in [3.8, 4) is 44.5 Å². The number of furan rings is 1. The number of aromatic nitrogens is 2. The van der Waals surface area contributed by atoms with Crippen molar-refractivity contribution in [3.05, 3.63) is 134 Å². The molecule has 0 amide bonds. The van der Waals surface area contributed by atoms with Crippen LogP contribution in [0, 0.1) is 0 Å². The highest BCUT2D eigenvalue weighted by molar-refractivity contribution is 6.14. The van der Waals surface area contributed by atoms with Gasteiger partial charge in [0.15, 0.2) is 0 Å². The zero-order valence-corrected chi connectivity index (χ0v) is 20.0. The van der Waals surface area contributed by atoms with E-state index in [1.807, 2.05) is 24.5 Å². The van der Waals surface area contributed by atoms with Gasteiger partial charge in [-0.25, -0.2) is 0 Å². The smallest absolute Gasteiger partial charge is 0.143 e. The molecule has 3 aromatic heterocycles. The Morgan fingerprint density at radius 2 is 0.811 bits per heavy atom. The minimum atomic E-state index is 0.889. The molecule has 0 aliphatic rings. The molecule has 0 saturated carbocycles. The molecule has 4 aromatic carbocycles. The van der Waals surface area contributed by atoms with Crippen LogP contribution in [0.15, 0.2) is 138 Å². The van der Waals surface area contributed by atoms with Crippen molar-refractivity contribution in [1.82, 2.24) is 9.97 Å². The largest absolute Gasteiger partial charge is 0.455 e. The molecule has 0 spiro atoms. The molecule has 37 heavy (non-hydrogen) atoms. The van der Waals surface area contributed by atoms with E-state index >= 15 is 0 Å². The molecule has 0 fully saturated rings. The van der Waals surface area contributed by atoms with Crippen molar-refractivity contribution < 1.29 is 4.42 Å². The van der Waals surface area contributed by atoms with Gasteiger partial charge in [0.05, 0.1) is 0 Å². The standard InChI is InChI=1S/C34H22N2O/c1-3-13-27(25(11-1)23-9-7-19-35-21-23)29-15-5-17-31-32-18-6-16-30(34(32)37-33(29)31)28-14-4-2-12-26(28)24-10-8-20-36-22-24/h1-22H. The number of hydrogen-bond donors (Lipinski definition) is 0. The Balaban J connectivity index is 1.48. The van der Waals surface area contributed by atoms with Gasteiger partial charge < -0.3 is 4.42 Å². The number of nitrogens with zero attached hydrogens (tertiary/aromatic N) is 2. The van der Waals surface area contributed by atoms with Crippen molar-refractivity contribution in [2.45, 2.75) is 0 Å². The number of pyridine rings is 2. The maximum absolute atomic E-state index is 6.77. The van der Waals surface area contributed by atoms with Gasteiger partial charge in [-0.3, -0.25) is 9.97 Å². The topological polar surface area (TPSA) is 38.9 Å². The van der Waals surface area contributed by atoms with Crippen molar-refractivity contribution in [3.63, 3.8) is 0 Å². The van der Waals surface area contributed by atoms with Crippen LogP contribution < -0.4 is 0 Å². The van der Waals surface area contributed by atoms with Gasteiger partial charge in [0.1, 0.15) is 11.2 Å². The zero-order chi connectivity index (χ0) is 24.6. The molecule has 174 valence electrons. The third-order valence-corrected chi connectivity index (χ3v) is 6.90. The average molecular weight is 475 g/mol. The van der Waals surface area contributed by atoms with Crippen LogP contribution in [0.4, 0.5) is 0 Å². The lowest BCUT2D eigenvalue weighted by atomic mass is 9.93. The molecule has 3 heteroatoms. The number of fused-ring (bicyclic) bond motifs is 3. The summed E-state index contributed by atoms with van der Waals surface area (Å²) in [5.41, 5.74) is 10.6. The molecule has 0 aliphatic carbocycles. The van der Waals surface area contributed by atoms with E-state index in [-0.39, 0.29) is 0 Å². The summed E-state index contributed by atoms with van der Waals surface area (Å²) in [5.74, 6) is 0. The molecular weight excluding hydrogens is 452 g/mol. The summed E-state index contributed by atoms with van der Waals surface area (Å²) >= 11 is 0. The number of hydrogen-bond acceptors (Lipinski definition) is 3. The number of benzene rings is 4. The SMILES string of the molecule is c1cncc(-c2ccccc2-c2cccc3c2oc2c(-c4ccccc4-c4cccnc4)cccc23)c1. The summed E-state index contributed by atoms with van der Waals surface area (Å²) in [6.07, 6.45) is 7.42. The van der Waals surface area contributed by atoms with Crippen LogP contribution in [0.5, 0.6) is 0 Å². The molecule has 3 heterocycles. The average Bonchev–Trinajstić information content (AvgIpc) is 3.37. The van der Waals surface area contributed by atoms with E-state index < -0.39 is 0 Å². The minimum Gasteiger partial charge on any atom is -0.455 e. The van der Waals surface area contributed by atoms with Crippen molar-refractivity contribution in [2.24, 2.45) is 0 Å². The van der Waals surface area contributed by atoms with Gasteiger partial charge in [-0.15, -0.1) is 0 Å². The maximum atomic E-state index is 6.77. The monoisotopic (exact) mass is 474 g/mol. The fourth-order valence-electron chi connectivity index (χ4n) is 5.23. The van der Waals surface area contributed by atoms with Crippen molar-refractivity contribution in [1.29, 1.82) is 0 Å². The van der Waals surface area contributed by atoms with Crippen LogP contribution in [-0.2, 0) is 0 Å². The van der Waals surface area contributed by atoms with E-state index in [1.54, 1.807) is 12.4 Å². The zero-order valence-electron chi connectivity index (χ0n) is 20.0. The van der Waals surface area contributed by atoms with Crippen LogP contribution in [0.3, 0.4) is 0 Å². The lowest BCUT2D eigenvalue weighted by Crippen LogP contribution is -1.86. The van der Waals surface area contributed by atoms with Gasteiger partial charge in [0.2, 0.25) is 0 Å². The first-order valence-corrected chi connectivity index (χ1v) is 12.3. The molecule has 3 nitrogen and oxygen atoms in total. The van der Waals surface area contributed by atoms with E-state index in [9.17, 15) is 0 Å². The van der Waals surface area contributed by atoms with E-state index in [1.165, 1.54) is 0 Å². The molecule has 0 N–H and O–H groups in total. The van der Waals surface area contributed by atoms with Crippen LogP contribution in [0.1, 0.15) is 0 Å². The summed E-state index contributed by atoms with van der Waals surface area (Å²) in [5, 5.41) is 2.21. The van der Waals surface area contributed by atoms with E-state index in [4.69, 9.17) is 4.42 Å². The Bertz CT molecular complexity index is 1730. The molecule has 0 atom stereocenters. The van der Waals surface area contributed by atoms with Crippen molar-refractivity contribution in [2.75, 3.05) is 0 Å². The third kappa shape index (κ3) is 3.60. The molecule has 0 radical (unpaired) electrons. The van der Waals surface area contributed by atoms with Crippen molar-refractivity contribution >= 4 is 21.9 Å². The highest BCUT2D eigenvalue weighted by Crippen LogP contribution is 2.43. The molecule has 7 aromatic rings. The number of para-hydroxylation sites is 2. The van der Waals surface area contributed by atoms with Gasteiger partial charge >= 0.3 is 0 Å². The number of rotatable bonds is 4. The second kappa shape index (κ2) is 8.89. The summed E-state index contributed by atoms with van der Waals surface area (Å²) < 4.78 is 6.77. The Kier molecular flexibility index (Phi) is 5.11.